The highest BCUT2D eigenvalue weighted by Gasteiger charge is 2.23. The number of amides is 3. The van der Waals surface area contributed by atoms with E-state index >= 15 is 0 Å². The number of nitrogens with two attached hydrogens (primary N) is 2. The molecule has 0 aliphatic heterocycles. The van der Waals surface area contributed by atoms with Gasteiger partial charge in [0.05, 0.1) is 5.39 Å². The molecule has 7 nitrogen and oxygen atoms in total. The van der Waals surface area contributed by atoms with E-state index in [-0.39, 0.29) is 11.4 Å². The molecule has 0 atom stereocenters. The number of hydrogen-bond donors (Lipinski definition) is 3. The third-order valence-electron chi connectivity index (χ3n) is 2.55. The van der Waals surface area contributed by atoms with Crippen molar-refractivity contribution in [2.75, 3.05) is 5.32 Å². The average molecular weight is 276 g/mol. The monoisotopic (exact) mass is 276 g/mol. The number of thiophene rings is 1. The van der Waals surface area contributed by atoms with Crippen LogP contribution >= 0.6 is 11.3 Å². The molecule has 0 saturated heterocycles. The number of aromatic nitrogens is 1. The number of hydrogen-bond acceptors (Lipinski definition) is 5. The third-order valence-corrected chi connectivity index (χ3v) is 3.66. The SMILES string of the molecule is NC(=O)Nc1c(C(N)=O)oc2c1sc1ncccc12. The van der Waals surface area contributed by atoms with Crippen molar-refractivity contribution in [1.29, 1.82) is 0 Å². The Morgan fingerprint density at radius 1 is 1.37 bits per heavy atom. The summed E-state index contributed by atoms with van der Waals surface area (Å²) in [6.45, 7) is 0. The molecule has 0 fully saturated rings. The van der Waals surface area contributed by atoms with E-state index in [0.717, 1.165) is 10.2 Å². The predicted octanol–water partition coefficient (Wildman–Crippen LogP) is 1.63. The van der Waals surface area contributed by atoms with Crippen molar-refractivity contribution in [2.45, 2.75) is 0 Å². The van der Waals surface area contributed by atoms with Crippen molar-refractivity contribution in [3.8, 4) is 0 Å². The van der Waals surface area contributed by atoms with Crippen LogP contribution in [-0.4, -0.2) is 16.9 Å². The van der Waals surface area contributed by atoms with Gasteiger partial charge >= 0.3 is 6.03 Å². The Morgan fingerprint density at radius 2 is 2.16 bits per heavy atom. The Bertz CT molecular complexity index is 820. The van der Waals surface area contributed by atoms with Crippen molar-refractivity contribution in [1.82, 2.24) is 4.98 Å². The molecule has 0 unspecified atom stereocenters. The number of carbonyl (C=O) groups is 2. The second-order valence-corrected chi connectivity index (χ2v) is 4.78. The molecule has 0 spiro atoms. The molecule has 3 aromatic heterocycles. The van der Waals surface area contributed by atoms with E-state index in [0.29, 0.717) is 10.3 Å². The van der Waals surface area contributed by atoms with Gasteiger partial charge in [0.2, 0.25) is 5.76 Å². The maximum absolute atomic E-state index is 11.3. The summed E-state index contributed by atoms with van der Waals surface area (Å²) in [4.78, 5) is 27.3. The van der Waals surface area contributed by atoms with Gasteiger partial charge in [-0.25, -0.2) is 9.78 Å². The van der Waals surface area contributed by atoms with E-state index in [1.165, 1.54) is 11.3 Å². The summed E-state index contributed by atoms with van der Waals surface area (Å²) in [5.74, 6) is -0.894. The molecule has 5 N–H and O–H groups in total. The number of pyridine rings is 1. The summed E-state index contributed by atoms with van der Waals surface area (Å²) < 4.78 is 6.02. The van der Waals surface area contributed by atoms with Gasteiger partial charge in [-0.1, -0.05) is 0 Å². The summed E-state index contributed by atoms with van der Waals surface area (Å²) in [6.07, 6.45) is 1.65. The number of furan rings is 1. The standard InChI is InChI=1S/C11H8N4O3S/c12-9(16)7-5(15-11(13)17)8-6(18-7)4-2-1-3-14-10(4)19-8/h1-3H,(H2,12,16)(H3,13,15,17). The number of nitrogens with one attached hydrogen (secondary N) is 1. The van der Waals surface area contributed by atoms with Gasteiger partial charge in [-0.15, -0.1) is 11.3 Å². The zero-order chi connectivity index (χ0) is 13.6. The highest BCUT2D eigenvalue weighted by molar-refractivity contribution is 7.26. The second kappa shape index (κ2) is 3.95. The van der Waals surface area contributed by atoms with E-state index in [1.807, 2.05) is 6.07 Å². The fraction of sp³-hybridized carbons (Fsp3) is 0. The minimum Gasteiger partial charge on any atom is -0.447 e. The first kappa shape index (κ1) is 11.5. The molecule has 0 aliphatic rings. The van der Waals surface area contributed by atoms with Crippen LogP contribution in [-0.2, 0) is 0 Å². The van der Waals surface area contributed by atoms with E-state index < -0.39 is 11.9 Å². The minimum atomic E-state index is -0.796. The minimum absolute atomic E-state index is 0.120. The molecular weight excluding hydrogens is 268 g/mol. The lowest BCUT2D eigenvalue weighted by Gasteiger charge is -1.98. The van der Waals surface area contributed by atoms with Crippen LogP contribution in [0.3, 0.4) is 0 Å². The number of anilines is 1. The Balaban J connectivity index is 2.37. The van der Waals surface area contributed by atoms with Gasteiger partial charge < -0.3 is 21.2 Å². The van der Waals surface area contributed by atoms with Crippen molar-refractivity contribution in [2.24, 2.45) is 11.5 Å². The zero-order valence-electron chi connectivity index (χ0n) is 9.47. The third kappa shape index (κ3) is 1.69. The van der Waals surface area contributed by atoms with E-state index in [4.69, 9.17) is 15.9 Å². The van der Waals surface area contributed by atoms with Gasteiger partial charge in [0, 0.05) is 6.20 Å². The molecule has 3 heterocycles. The number of rotatable bonds is 2. The normalized spacial score (nSPS) is 10.9. The largest absolute Gasteiger partial charge is 0.447 e. The van der Waals surface area contributed by atoms with Crippen LogP contribution in [0.15, 0.2) is 22.7 Å². The van der Waals surface area contributed by atoms with Gasteiger partial charge in [0.1, 0.15) is 15.2 Å². The van der Waals surface area contributed by atoms with Crippen LogP contribution < -0.4 is 16.8 Å². The molecule has 19 heavy (non-hydrogen) atoms. The number of nitrogens with zero attached hydrogens (tertiary/aromatic N) is 1. The molecule has 0 bridgehead atoms. The first-order valence-electron chi connectivity index (χ1n) is 5.24. The summed E-state index contributed by atoms with van der Waals surface area (Å²) >= 11 is 1.29. The van der Waals surface area contributed by atoms with Gasteiger partial charge in [0.15, 0.2) is 5.58 Å². The summed E-state index contributed by atoms with van der Waals surface area (Å²) in [6, 6.07) is 2.77. The van der Waals surface area contributed by atoms with E-state index in [1.54, 1.807) is 12.3 Å². The number of urea groups is 1. The van der Waals surface area contributed by atoms with Gasteiger partial charge in [-0.05, 0) is 12.1 Å². The average Bonchev–Trinajstić information content (AvgIpc) is 2.86. The quantitative estimate of drug-likeness (QED) is 0.657. The zero-order valence-corrected chi connectivity index (χ0v) is 10.3. The van der Waals surface area contributed by atoms with Crippen molar-refractivity contribution >= 4 is 49.5 Å². The van der Waals surface area contributed by atoms with Crippen LogP contribution in [0.2, 0.25) is 0 Å². The molecular formula is C11H8N4O3S. The molecule has 96 valence electrons. The van der Waals surface area contributed by atoms with Gasteiger partial charge in [0.25, 0.3) is 5.91 Å². The molecule has 3 amide bonds. The smallest absolute Gasteiger partial charge is 0.316 e. The summed E-state index contributed by atoms with van der Waals surface area (Å²) in [5, 5.41) is 3.12. The first-order valence-corrected chi connectivity index (χ1v) is 6.06. The topological polar surface area (TPSA) is 124 Å². The molecule has 0 aromatic carbocycles. The number of carbonyl (C=O) groups excluding carboxylic acids is 2. The van der Waals surface area contributed by atoms with Crippen molar-refractivity contribution in [3.05, 3.63) is 24.1 Å². The molecule has 0 aliphatic carbocycles. The van der Waals surface area contributed by atoms with Gasteiger partial charge in [-0.3, -0.25) is 4.79 Å². The van der Waals surface area contributed by atoms with E-state index in [9.17, 15) is 9.59 Å². The lowest BCUT2D eigenvalue weighted by atomic mass is 10.3. The predicted molar refractivity (Wildman–Crippen MR) is 71.1 cm³/mol. The Kier molecular flexibility index (Phi) is 2.39. The maximum Gasteiger partial charge on any atom is 0.316 e. The summed E-state index contributed by atoms with van der Waals surface area (Å²) in [7, 11) is 0. The molecule has 0 radical (unpaired) electrons. The van der Waals surface area contributed by atoms with E-state index in [2.05, 4.69) is 10.3 Å². The molecule has 3 rings (SSSR count). The highest BCUT2D eigenvalue weighted by Crippen LogP contribution is 2.41. The molecule has 0 saturated carbocycles. The van der Waals surface area contributed by atoms with Crippen LogP contribution in [0.25, 0.3) is 20.5 Å². The summed E-state index contributed by atoms with van der Waals surface area (Å²) in [5.41, 5.74) is 11.0. The fourth-order valence-corrected chi connectivity index (χ4v) is 2.91. The Hall–Kier alpha value is -2.61. The van der Waals surface area contributed by atoms with Gasteiger partial charge in [-0.2, -0.15) is 0 Å². The van der Waals surface area contributed by atoms with Crippen molar-refractivity contribution < 1.29 is 14.0 Å². The number of primary amides is 2. The van der Waals surface area contributed by atoms with Crippen LogP contribution in [0.4, 0.5) is 10.5 Å². The fourth-order valence-electron chi connectivity index (χ4n) is 1.84. The Labute approximate surface area is 110 Å². The highest BCUT2D eigenvalue weighted by atomic mass is 32.1. The lowest BCUT2D eigenvalue weighted by Crippen LogP contribution is -2.21. The number of fused-ring (bicyclic) bond motifs is 3. The Morgan fingerprint density at radius 3 is 2.84 bits per heavy atom. The van der Waals surface area contributed by atoms with Crippen LogP contribution in [0.5, 0.6) is 0 Å². The molecule has 3 aromatic rings. The maximum atomic E-state index is 11.3. The van der Waals surface area contributed by atoms with Crippen LogP contribution in [0, 0.1) is 0 Å². The van der Waals surface area contributed by atoms with Crippen molar-refractivity contribution in [3.63, 3.8) is 0 Å². The lowest BCUT2D eigenvalue weighted by molar-refractivity contribution is 0.0977. The second-order valence-electron chi connectivity index (χ2n) is 3.78. The molecule has 8 heteroatoms. The van der Waals surface area contributed by atoms with Crippen LogP contribution in [0.1, 0.15) is 10.6 Å². The first-order chi connectivity index (χ1) is 9.08.